The van der Waals surface area contributed by atoms with Crippen molar-refractivity contribution in [2.75, 3.05) is 4.90 Å². The highest BCUT2D eigenvalue weighted by atomic mass is 32.1. The zero-order valence-corrected chi connectivity index (χ0v) is 32.8. The van der Waals surface area contributed by atoms with Crippen molar-refractivity contribution in [3.05, 3.63) is 212 Å². The van der Waals surface area contributed by atoms with Crippen LogP contribution in [-0.2, 0) is 0 Å². The van der Waals surface area contributed by atoms with Gasteiger partial charge in [0, 0.05) is 53.4 Å². The van der Waals surface area contributed by atoms with Crippen molar-refractivity contribution >= 4 is 92.1 Å². The molecule has 276 valence electrons. The van der Waals surface area contributed by atoms with E-state index in [1.54, 1.807) is 0 Å². The molecule has 2 heterocycles. The molecule has 12 aromatic rings. The van der Waals surface area contributed by atoms with Crippen molar-refractivity contribution in [1.82, 2.24) is 0 Å². The molecule has 0 unspecified atom stereocenters. The molecule has 0 N–H and O–H groups in total. The third kappa shape index (κ3) is 5.70. The van der Waals surface area contributed by atoms with Gasteiger partial charge in [0.25, 0.3) is 0 Å². The number of anilines is 3. The predicted molar refractivity (Wildman–Crippen MR) is 253 cm³/mol. The zero-order valence-electron chi connectivity index (χ0n) is 32.0. The van der Waals surface area contributed by atoms with E-state index in [1.165, 1.54) is 58.6 Å². The first-order valence-electron chi connectivity index (χ1n) is 20.1. The van der Waals surface area contributed by atoms with Crippen molar-refractivity contribution in [2.24, 2.45) is 0 Å². The molecule has 0 atom stereocenters. The van der Waals surface area contributed by atoms with Gasteiger partial charge in [0.05, 0.1) is 0 Å². The van der Waals surface area contributed by atoms with E-state index in [1.807, 2.05) is 11.3 Å². The van der Waals surface area contributed by atoms with Crippen molar-refractivity contribution in [2.45, 2.75) is 0 Å². The summed E-state index contributed by atoms with van der Waals surface area (Å²) in [5.74, 6) is 0. The molecule has 0 fully saturated rings. The number of furan rings is 1. The van der Waals surface area contributed by atoms with Crippen molar-refractivity contribution < 1.29 is 4.42 Å². The lowest BCUT2D eigenvalue weighted by atomic mass is 9.97. The molecule has 0 aliphatic heterocycles. The lowest BCUT2D eigenvalue weighted by Crippen LogP contribution is -2.09. The van der Waals surface area contributed by atoms with Gasteiger partial charge >= 0.3 is 0 Å². The summed E-state index contributed by atoms with van der Waals surface area (Å²) in [7, 11) is 0. The van der Waals surface area contributed by atoms with Crippen LogP contribution < -0.4 is 4.90 Å². The van der Waals surface area contributed by atoms with Gasteiger partial charge in [0.15, 0.2) is 0 Å². The molecule has 59 heavy (non-hydrogen) atoms. The van der Waals surface area contributed by atoms with E-state index >= 15 is 0 Å². The van der Waals surface area contributed by atoms with Gasteiger partial charge in [-0.15, -0.1) is 11.3 Å². The third-order valence-electron chi connectivity index (χ3n) is 11.9. The summed E-state index contributed by atoms with van der Waals surface area (Å²) >= 11 is 1.86. The molecule has 10 aromatic carbocycles. The quantitative estimate of drug-likeness (QED) is 0.167. The minimum Gasteiger partial charge on any atom is -0.455 e. The van der Waals surface area contributed by atoms with Crippen LogP contribution in [0.2, 0.25) is 0 Å². The van der Waals surface area contributed by atoms with E-state index in [0.29, 0.717) is 0 Å². The van der Waals surface area contributed by atoms with Gasteiger partial charge in [-0.3, -0.25) is 0 Å². The Morgan fingerprint density at radius 3 is 1.64 bits per heavy atom. The highest BCUT2D eigenvalue weighted by Gasteiger charge is 2.17. The molecule has 0 aliphatic rings. The van der Waals surface area contributed by atoms with Gasteiger partial charge < -0.3 is 9.32 Å². The first-order chi connectivity index (χ1) is 29.2. The average molecular weight is 770 g/mol. The van der Waals surface area contributed by atoms with Crippen LogP contribution in [-0.4, -0.2) is 0 Å². The number of hydrogen-bond donors (Lipinski definition) is 0. The fourth-order valence-electron chi connectivity index (χ4n) is 8.91. The molecule has 0 amide bonds. The van der Waals surface area contributed by atoms with Gasteiger partial charge in [0.2, 0.25) is 0 Å². The Bertz CT molecular complexity index is 3540. The number of benzene rings is 10. The van der Waals surface area contributed by atoms with Crippen LogP contribution in [0.3, 0.4) is 0 Å². The molecule has 2 nitrogen and oxygen atoms in total. The Kier molecular flexibility index (Phi) is 7.75. The Morgan fingerprint density at radius 2 is 0.898 bits per heavy atom. The second-order valence-corrected chi connectivity index (χ2v) is 16.4. The Hall–Kier alpha value is -7.46. The summed E-state index contributed by atoms with van der Waals surface area (Å²) in [5.41, 5.74) is 12.2. The van der Waals surface area contributed by atoms with Crippen LogP contribution in [0.1, 0.15) is 0 Å². The number of rotatable bonds is 6. The van der Waals surface area contributed by atoms with Crippen LogP contribution in [0.15, 0.2) is 217 Å². The largest absolute Gasteiger partial charge is 0.455 e. The first kappa shape index (κ1) is 33.7. The zero-order chi connectivity index (χ0) is 38.9. The summed E-state index contributed by atoms with van der Waals surface area (Å²) < 4.78 is 9.18. The SMILES string of the molecule is c1ccc2cc(-c3ccc(N(c4ccc(-c5ccc6sc7ccccc7c6c5)cc4)c4ccc(-c5cccc6oc7c8ccccc8ccc7c56)cc4)cc3)ccc2c1. The Labute approximate surface area is 345 Å². The minimum absolute atomic E-state index is 0.900. The maximum atomic E-state index is 6.54. The predicted octanol–water partition coefficient (Wildman–Crippen LogP) is 16.7. The number of fused-ring (bicyclic) bond motifs is 9. The Balaban J connectivity index is 0.942. The third-order valence-corrected chi connectivity index (χ3v) is 13.0. The summed E-state index contributed by atoms with van der Waals surface area (Å²) in [5, 5.41) is 9.72. The first-order valence-corrected chi connectivity index (χ1v) is 20.9. The molecule has 0 bridgehead atoms. The molecule has 12 rings (SSSR count). The van der Waals surface area contributed by atoms with Crippen molar-refractivity contribution in [3.8, 4) is 33.4 Å². The van der Waals surface area contributed by atoms with Crippen LogP contribution in [0, 0.1) is 0 Å². The number of hydrogen-bond acceptors (Lipinski definition) is 3. The van der Waals surface area contributed by atoms with Gasteiger partial charge in [-0.25, -0.2) is 0 Å². The molecule has 3 heteroatoms. The molecule has 0 saturated carbocycles. The van der Waals surface area contributed by atoms with E-state index in [4.69, 9.17) is 4.42 Å². The average Bonchev–Trinajstić information content (AvgIpc) is 3.88. The van der Waals surface area contributed by atoms with Gasteiger partial charge in [-0.1, -0.05) is 140 Å². The summed E-state index contributed by atoms with van der Waals surface area (Å²) in [6.07, 6.45) is 0. The molecule has 0 radical (unpaired) electrons. The molecular weight excluding hydrogens is 735 g/mol. The van der Waals surface area contributed by atoms with Gasteiger partial charge in [-0.05, 0) is 122 Å². The summed E-state index contributed by atoms with van der Waals surface area (Å²) in [6.45, 7) is 0. The maximum Gasteiger partial charge on any atom is 0.143 e. The lowest BCUT2D eigenvalue weighted by molar-refractivity contribution is 0.673. The Morgan fingerprint density at radius 1 is 0.339 bits per heavy atom. The highest BCUT2D eigenvalue weighted by Crippen LogP contribution is 2.42. The van der Waals surface area contributed by atoms with E-state index in [0.717, 1.165) is 55.5 Å². The van der Waals surface area contributed by atoms with E-state index in [2.05, 4.69) is 217 Å². The maximum absolute atomic E-state index is 6.54. The van der Waals surface area contributed by atoms with E-state index in [-0.39, 0.29) is 0 Å². The summed E-state index contributed by atoms with van der Waals surface area (Å²) in [4.78, 5) is 2.35. The second-order valence-electron chi connectivity index (χ2n) is 15.3. The molecule has 2 aromatic heterocycles. The van der Waals surface area contributed by atoms with Crippen molar-refractivity contribution in [1.29, 1.82) is 0 Å². The van der Waals surface area contributed by atoms with Crippen LogP contribution in [0.5, 0.6) is 0 Å². The van der Waals surface area contributed by atoms with Crippen molar-refractivity contribution in [3.63, 3.8) is 0 Å². The van der Waals surface area contributed by atoms with Gasteiger partial charge in [-0.2, -0.15) is 0 Å². The fraction of sp³-hybridized carbons (Fsp3) is 0. The van der Waals surface area contributed by atoms with E-state index < -0.39 is 0 Å². The summed E-state index contributed by atoms with van der Waals surface area (Å²) in [6, 6.07) is 77.0. The second kappa shape index (κ2) is 13.6. The minimum atomic E-state index is 0.900. The fourth-order valence-corrected chi connectivity index (χ4v) is 10.00. The monoisotopic (exact) mass is 769 g/mol. The van der Waals surface area contributed by atoms with Crippen LogP contribution in [0.25, 0.3) is 97.0 Å². The highest BCUT2D eigenvalue weighted by molar-refractivity contribution is 7.25. The number of thiophene rings is 1. The number of nitrogens with zero attached hydrogens (tertiary/aromatic N) is 1. The molecular formula is C56H35NOS. The van der Waals surface area contributed by atoms with Crippen LogP contribution >= 0.6 is 11.3 Å². The molecule has 0 spiro atoms. The smallest absolute Gasteiger partial charge is 0.143 e. The molecule has 0 aliphatic carbocycles. The topological polar surface area (TPSA) is 16.4 Å². The van der Waals surface area contributed by atoms with Crippen LogP contribution in [0.4, 0.5) is 17.1 Å². The van der Waals surface area contributed by atoms with E-state index in [9.17, 15) is 0 Å². The molecule has 0 saturated heterocycles. The lowest BCUT2D eigenvalue weighted by Gasteiger charge is -2.26. The normalized spacial score (nSPS) is 11.7. The standard InChI is InChI=1S/C56H35NOS/c1-2-10-41-34-42(17-16-36(41)8-1)37-18-26-44(27-19-37)57(45-28-20-38(21-29-45)43-25-33-54-51(35-43)49-12-5-6-15-53(49)59-54)46-30-22-40(23-31-46)47-13-7-14-52-55(47)50-32-24-39-9-3-4-11-48(39)56(50)58-52/h1-35H. The van der Waals surface area contributed by atoms with Gasteiger partial charge in [0.1, 0.15) is 11.2 Å².